The second-order valence-corrected chi connectivity index (χ2v) is 11.5. The Labute approximate surface area is 208 Å². The second-order valence-electron chi connectivity index (χ2n) is 11.5. The molecule has 0 spiro atoms. The average molecular weight is 489 g/mol. The maximum Gasteiger partial charge on any atom is 0.498 e. The fraction of sp³-hybridized carbons (Fsp3) is 0.750. The van der Waals surface area contributed by atoms with Gasteiger partial charge in [-0.25, -0.2) is 14.8 Å². The number of carbonyl (C=O) groups excluding carboxylic acids is 2. The van der Waals surface area contributed by atoms with Gasteiger partial charge >= 0.3 is 13.2 Å². The van der Waals surface area contributed by atoms with Crippen molar-refractivity contribution in [3.05, 3.63) is 12.4 Å². The van der Waals surface area contributed by atoms with Crippen molar-refractivity contribution in [2.45, 2.75) is 116 Å². The van der Waals surface area contributed by atoms with Crippen molar-refractivity contribution >= 4 is 30.5 Å². The van der Waals surface area contributed by atoms with E-state index in [-0.39, 0.29) is 18.0 Å². The maximum atomic E-state index is 12.5. The van der Waals surface area contributed by atoms with Crippen LogP contribution in [0.1, 0.15) is 81.1 Å². The van der Waals surface area contributed by atoms with Crippen molar-refractivity contribution < 1.29 is 23.6 Å². The summed E-state index contributed by atoms with van der Waals surface area (Å²) in [6, 6.07) is -0.380. The fourth-order valence-electron chi connectivity index (χ4n) is 3.95. The number of anilines is 1. The van der Waals surface area contributed by atoms with Crippen LogP contribution in [0, 0.1) is 0 Å². The van der Waals surface area contributed by atoms with Gasteiger partial charge < -0.3 is 30.0 Å². The SMILES string of the molecule is CC(NC(=O)OC(C)(C)C)C(=O)NC1CCC(Nc2ncc(B3OC(C)(C)C(C)(C)O3)cn2)CC1. The Morgan fingerprint density at radius 3 is 2.06 bits per heavy atom. The van der Waals surface area contributed by atoms with Gasteiger partial charge in [0.15, 0.2) is 0 Å². The molecule has 1 aromatic rings. The Hall–Kier alpha value is -2.40. The van der Waals surface area contributed by atoms with Crippen molar-refractivity contribution in [2.75, 3.05) is 5.32 Å². The molecule has 2 amide bonds. The molecule has 0 bridgehead atoms. The first-order valence-corrected chi connectivity index (χ1v) is 12.4. The van der Waals surface area contributed by atoms with Crippen LogP contribution in [0.3, 0.4) is 0 Å². The summed E-state index contributed by atoms with van der Waals surface area (Å²) in [6.45, 7) is 15.1. The molecule has 1 saturated carbocycles. The van der Waals surface area contributed by atoms with E-state index in [0.717, 1.165) is 31.1 Å². The molecule has 3 N–H and O–H groups in total. The van der Waals surface area contributed by atoms with E-state index in [0.29, 0.717) is 5.95 Å². The van der Waals surface area contributed by atoms with Gasteiger partial charge in [0, 0.05) is 29.9 Å². The number of carbonyl (C=O) groups is 2. The zero-order chi connectivity index (χ0) is 26.0. The van der Waals surface area contributed by atoms with E-state index in [9.17, 15) is 9.59 Å². The summed E-state index contributed by atoms with van der Waals surface area (Å²) in [5.74, 6) is 0.349. The van der Waals surface area contributed by atoms with Gasteiger partial charge in [-0.2, -0.15) is 0 Å². The van der Waals surface area contributed by atoms with Crippen LogP contribution in [0.25, 0.3) is 0 Å². The molecule has 1 aliphatic carbocycles. The summed E-state index contributed by atoms with van der Waals surface area (Å²) in [6.07, 6.45) is 6.29. The molecule has 2 heterocycles. The Balaban J connectivity index is 1.42. The van der Waals surface area contributed by atoms with Gasteiger partial charge in [0.05, 0.1) is 11.2 Å². The predicted octanol–water partition coefficient (Wildman–Crippen LogP) is 2.53. The van der Waals surface area contributed by atoms with Crippen LogP contribution in [-0.4, -0.2) is 64.0 Å². The standard InChI is InChI=1S/C24H40BN5O5/c1-15(28-21(32)33-22(2,3)4)19(31)29-17-9-11-18(12-10-17)30-20-26-13-16(14-27-20)25-34-23(5,6)24(7,8)35-25/h13-15,17-18H,9-12H2,1-8H3,(H,28,32)(H,29,31)(H,26,27,30). The molecule has 11 heteroatoms. The third kappa shape index (κ3) is 7.30. The van der Waals surface area contributed by atoms with E-state index < -0.39 is 36.1 Å². The van der Waals surface area contributed by atoms with Crippen molar-refractivity contribution in [1.29, 1.82) is 0 Å². The minimum absolute atomic E-state index is 0.0649. The van der Waals surface area contributed by atoms with Gasteiger partial charge in [0.1, 0.15) is 11.6 Å². The lowest BCUT2D eigenvalue weighted by Crippen LogP contribution is -2.50. The molecule has 1 atom stereocenters. The molecule has 0 radical (unpaired) electrons. The molecule has 35 heavy (non-hydrogen) atoms. The number of amides is 2. The molecule has 1 unspecified atom stereocenters. The molecule has 194 valence electrons. The molecule has 0 aromatic carbocycles. The molecule has 10 nitrogen and oxygen atoms in total. The number of ether oxygens (including phenoxy) is 1. The summed E-state index contributed by atoms with van der Waals surface area (Å²) in [5, 5.41) is 8.99. The summed E-state index contributed by atoms with van der Waals surface area (Å²) in [7, 11) is -0.486. The van der Waals surface area contributed by atoms with Crippen LogP contribution in [0.4, 0.5) is 10.7 Å². The van der Waals surface area contributed by atoms with E-state index >= 15 is 0 Å². The maximum absolute atomic E-state index is 12.5. The number of aromatic nitrogens is 2. The second kappa shape index (κ2) is 10.3. The van der Waals surface area contributed by atoms with Gasteiger partial charge in [0.25, 0.3) is 0 Å². The van der Waals surface area contributed by atoms with E-state index in [2.05, 4.69) is 25.9 Å². The van der Waals surface area contributed by atoms with E-state index in [4.69, 9.17) is 14.0 Å². The minimum atomic E-state index is -0.670. The highest BCUT2D eigenvalue weighted by molar-refractivity contribution is 6.61. The van der Waals surface area contributed by atoms with Gasteiger partial charge in [-0.3, -0.25) is 4.79 Å². The molecule has 2 aliphatic rings. The highest BCUT2D eigenvalue weighted by Gasteiger charge is 2.52. The van der Waals surface area contributed by atoms with Crippen LogP contribution in [0.2, 0.25) is 0 Å². The van der Waals surface area contributed by atoms with Crippen LogP contribution in [0.5, 0.6) is 0 Å². The first kappa shape index (κ1) is 27.2. The van der Waals surface area contributed by atoms with Crippen molar-refractivity contribution in [3.8, 4) is 0 Å². The van der Waals surface area contributed by atoms with E-state index in [1.165, 1.54) is 0 Å². The Morgan fingerprint density at radius 1 is 1.03 bits per heavy atom. The third-order valence-corrected chi connectivity index (χ3v) is 6.73. The molecule has 1 aromatic heterocycles. The summed E-state index contributed by atoms with van der Waals surface area (Å²) < 4.78 is 17.3. The molecular formula is C24H40BN5O5. The lowest BCUT2D eigenvalue weighted by atomic mass is 9.81. The summed E-state index contributed by atoms with van der Waals surface area (Å²) in [4.78, 5) is 33.3. The van der Waals surface area contributed by atoms with E-state index in [1.54, 1.807) is 40.1 Å². The summed E-state index contributed by atoms with van der Waals surface area (Å²) >= 11 is 0. The van der Waals surface area contributed by atoms with Crippen molar-refractivity contribution in [1.82, 2.24) is 20.6 Å². The fourth-order valence-corrected chi connectivity index (χ4v) is 3.95. The molecule has 1 aliphatic heterocycles. The highest BCUT2D eigenvalue weighted by Crippen LogP contribution is 2.36. The zero-order valence-electron chi connectivity index (χ0n) is 22.2. The highest BCUT2D eigenvalue weighted by atomic mass is 16.7. The number of hydrogen-bond donors (Lipinski definition) is 3. The first-order chi connectivity index (χ1) is 16.1. The van der Waals surface area contributed by atoms with Crippen LogP contribution >= 0.6 is 0 Å². The predicted molar refractivity (Wildman–Crippen MR) is 134 cm³/mol. The molecule has 1 saturated heterocycles. The van der Waals surface area contributed by atoms with Gasteiger partial charge in [-0.1, -0.05) is 0 Å². The number of rotatable bonds is 6. The lowest BCUT2D eigenvalue weighted by Gasteiger charge is -2.32. The molecule has 3 rings (SSSR count). The number of nitrogens with zero attached hydrogens (tertiary/aromatic N) is 2. The monoisotopic (exact) mass is 489 g/mol. The third-order valence-electron chi connectivity index (χ3n) is 6.73. The summed E-state index contributed by atoms with van der Waals surface area (Å²) in [5.41, 5.74) is -0.644. The lowest BCUT2D eigenvalue weighted by molar-refractivity contribution is -0.123. The number of alkyl carbamates (subject to hydrolysis) is 1. The van der Waals surface area contributed by atoms with Gasteiger partial charge in [-0.15, -0.1) is 0 Å². The Bertz CT molecular complexity index is 879. The smallest absolute Gasteiger partial charge is 0.444 e. The topological polar surface area (TPSA) is 124 Å². The Kier molecular flexibility index (Phi) is 8.01. The number of hydrogen-bond acceptors (Lipinski definition) is 8. The quantitative estimate of drug-likeness (QED) is 0.521. The van der Waals surface area contributed by atoms with Crippen LogP contribution in [-0.2, 0) is 18.8 Å². The minimum Gasteiger partial charge on any atom is -0.444 e. The normalized spacial score (nSPS) is 24.4. The average Bonchev–Trinajstić information content (AvgIpc) is 2.95. The van der Waals surface area contributed by atoms with Crippen LogP contribution < -0.4 is 21.4 Å². The van der Waals surface area contributed by atoms with Crippen molar-refractivity contribution in [2.24, 2.45) is 0 Å². The molecule has 2 fully saturated rings. The van der Waals surface area contributed by atoms with Gasteiger partial charge in [0.2, 0.25) is 11.9 Å². The molecular weight excluding hydrogens is 449 g/mol. The largest absolute Gasteiger partial charge is 0.498 e. The zero-order valence-corrected chi connectivity index (χ0v) is 22.2. The Morgan fingerprint density at radius 2 is 1.54 bits per heavy atom. The van der Waals surface area contributed by atoms with E-state index in [1.807, 2.05) is 27.7 Å². The number of nitrogens with one attached hydrogen (secondary N) is 3. The van der Waals surface area contributed by atoms with Crippen LogP contribution in [0.15, 0.2) is 12.4 Å². The first-order valence-electron chi connectivity index (χ1n) is 12.4. The van der Waals surface area contributed by atoms with Gasteiger partial charge in [-0.05, 0) is 81.1 Å². The van der Waals surface area contributed by atoms with Crippen molar-refractivity contribution in [3.63, 3.8) is 0 Å².